The molecule has 2 heterocycles. The molecule has 10 N–H and O–H groups in total. The summed E-state index contributed by atoms with van der Waals surface area (Å²) in [6.45, 7) is 5.05. The average Bonchev–Trinajstić information content (AvgIpc) is 2.76. The number of hydrogen-bond acceptors (Lipinski definition) is 11. The number of aliphatic hydroxyl groups excluding tert-OH is 6. The van der Waals surface area contributed by atoms with Crippen LogP contribution in [-0.2, 0) is 14.2 Å². The molecule has 11 nitrogen and oxygen atoms in total. The summed E-state index contributed by atoms with van der Waals surface area (Å²) in [6, 6.07) is -1.69. The molecule has 3 fully saturated rings. The lowest BCUT2D eigenvalue weighted by atomic mass is 9.67. The van der Waals surface area contributed by atoms with Crippen molar-refractivity contribution >= 4 is 0 Å². The van der Waals surface area contributed by atoms with E-state index < -0.39 is 91.8 Å². The number of rotatable bonds is 5. The highest BCUT2D eigenvalue weighted by atomic mass is 16.7. The van der Waals surface area contributed by atoms with Gasteiger partial charge in [0.05, 0.1) is 37.1 Å². The van der Waals surface area contributed by atoms with E-state index in [4.69, 9.17) is 25.7 Å². The largest absolute Gasteiger partial charge is 0.394 e. The molecule has 3 rings (SSSR count). The average molecular weight is 465 g/mol. The van der Waals surface area contributed by atoms with E-state index >= 15 is 0 Å². The van der Waals surface area contributed by atoms with Gasteiger partial charge in [-0.25, -0.2) is 0 Å². The van der Waals surface area contributed by atoms with Gasteiger partial charge in [-0.1, -0.05) is 20.8 Å². The highest BCUT2D eigenvalue weighted by Gasteiger charge is 2.53. The third kappa shape index (κ3) is 4.71. The van der Waals surface area contributed by atoms with Gasteiger partial charge in [0.1, 0.15) is 30.5 Å². The normalized spacial score (nSPS) is 55.0. The second-order valence-electron chi connectivity index (χ2n) is 9.72. The minimum absolute atomic E-state index is 0.0706. The van der Waals surface area contributed by atoms with Crippen LogP contribution in [0.15, 0.2) is 0 Å². The van der Waals surface area contributed by atoms with E-state index in [0.29, 0.717) is 12.8 Å². The molecule has 0 aromatic rings. The van der Waals surface area contributed by atoms with Gasteiger partial charge in [0.2, 0.25) is 0 Å². The summed E-state index contributed by atoms with van der Waals surface area (Å²) in [5, 5.41) is 62.1. The van der Waals surface area contributed by atoms with Gasteiger partial charge in [-0.2, -0.15) is 0 Å². The van der Waals surface area contributed by atoms with Crippen LogP contribution < -0.4 is 11.5 Å². The fourth-order valence-electron chi connectivity index (χ4n) is 5.52. The molecule has 15 unspecified atom stereocenters. The molecule has 2 aliphatic heterocycles. The Bertz CT molecular complexity index is 612. The van der Waals surface area contributed by atoms with Crippen LogP contribution in [0.4, 0.5) is 0 Å². The van der Waals surface area contributed by atoms with E-state index in [2.05, 4.69) is 0 Å². The molecule has 0 amide bonds. The molecular weight excluding hydrogens is 424 g/mol. The first kappa shape index (κ1) is 26.2. The highest BCUT2D eigenvalue weighted by Crippen LogP contribution is 2.42. The van der Waals surface area contributed by atoms with Gasteiger partial charge in [-0.3, -0.25) is 0 Å². The van der Waals surface area contributed by atoms with Gasteiger partial charge < -0.3 is 56.3 Å². The van der Waals surface area contributed by atoms with Crippen LogP contribution in [0.3, 0.4) is 0 Å². The molecule has 0 aromatic heterocycles. The minimum Gasteiger partial charge on any atom is -0.394 e. The van der Waals surface area contributed by atoms with Crippen molar-refractivity contribution in [3.63, 3.8) is 0 Å². The summed E-state index contributed by atoms with van der Waals surface area (Å²) in [6.07, 6.45) is -9.21. The minimum atomic E-state index is -1.39. The lowest BCUT2D eigenvalue weighted by Crippen LogP contribution is -2.66. The molecule has 0 aromatic carbocycles. The Labute approximate surface area is 188 Å². The van der Waals surface area contributed by atoms with Crippen molar-refractivity contribution in [3.8, 4) is 0 Å². The van der Waals surface area contributed by atoms with E-state index in [1.54, 1.807) is 6.92 Å². The van der Waals surface area contributed by atoms with E-state index in [-0.39, 0.29) is 5.92 Å². The maximum Gasteiger partial charge on any atom is 0.186 e. The fourth-order valence-corrected chi connectivity index (χ4v) is 5.52. The van der Waals surface area contributed by atoms with Crippen molar-refractivity contribution in [3.05, 3.63) is 0 Å². The van der Waals surface area contributed by atoms with Crippen molar-refractivity contribution in [2.45, 2.75) is 107 Å². The van der Waals surface area contributed by atoms with Crippen molar-refractivity contribution < 1.29 is 44.8 Å². The molecule has 11 heteroatoms. The third-order valence-corrected chi connectivity index (χ3v) is 7.58. The topological polar surface area (TPSA) is 201 Å². The van der Waals surface area contributed by atoms with Crippen molar-refractivity contribution in [2.75, 3.05) is 6.61 Å². The molecule has 15 atom stereocenters. The van der Waals surface area contributed by atoms with E-state index in [1.165, 1.54) is 0 Å². The monoisotopic (exact) mass is 464 g/mol. The Kier molecular flexibility index (Phi) is 8.54. The summed E-state index contributed by atoms with van der Waals surface area (Å²) in [7, 11) is 0. The van der Waals surface area contributed by atoms with Crippen molar-refractivity contribution in [2.24, 2.45) is 29.2 Å². The van der Waals surface area contributed by atoms with Crippen LogP contribution in [0.25, 0.3) is 0 Å². The van der Waals surface area contributed by atoms with Gasteiger partial charge in [0.15, 0.2) is 6.29 Å². The van der Waals surface area contributed by atoms with Gasteiger partial charge in [-0.15, -0.1) is 0 Å². The van der Waals surface area contributed by atoms with Gasteiger partial charge >= 0.3 is 0 Å². The maximum atomic E-state index is 11.3. The number of hydrogen-bond donors (Lipinski definition) is 8. The van der Waals surface area contributed by atoms with Crippen molar-refractivity contribution in [1.82, 2.24) is 0 Å². The molecule has 1 saturated carbocycles. The molecule has 0 bridgehead atoms. The quantitative estimate of drug-likeness (QED) is 0.206. The first-order valence-corrected chi connectivity index (χ1v) is 11.5. The second-order valence-corrected chi connectivity index (χ2v) is 9.72. The fraction of sp³-hybridized carbons (Fsp3) is 1.00. The summed E-state index contributed by atoms with van der Waals surface area (Å²) >= 11 is 0. The molecule has 3 aliphatic rings. The lowest BCUT2D eigenvalue weighted by molar-refractivity contribution is -0.309. The van der Waals surface area contributed by atoms with E-state index in [0.717, 1.165) is 0 Å². The summed E-state index contributed by atoms with van der Waals surface area (Å²) in [5.41, 5.74) is 12.2. The van der Waals surface area contributed by atoms with Crippen LogP contribution >= 0.6 is 0 Å². The predicted molar refractivity (Wildman–Crippen MR) is 112 cm³/mol. The van der Waals surface area contributed by atoms with E-state index in [1.807, 2.05) is 13.8 Å². The zero-order valence-electron chi connectivity index (χ0n) is 18.8. The Morgan fingerprint density at radius 2 is 1.53 bits per heavy atom. The molecule has 2 saturated heterocycles. The molecule has 0 spiro atoms. The van der Waals surface area contributed by atoms with Gasteiger partial charge in [0, 0.05) is 17.9 Å². The summed E-state index contributed by atoms with van der Waals surface area (Å²) in [4.78, 5) is 0. The molecule has 1 aliphatic carbocycles. The molecule has 0 radical (unpaired) electrons. The number of ether oxygens (including phenoxy) is 3. The van der Waals surface area contributed by atoms with Crippen molar-refractivity contribution in [1.29, 1.82) is 0 Å². The lowest BCUT2D eigenvalue weighted by Gasteiger charge is -2.52. The number of nitrogens with two attached hydrogens (primary N) is 2. The first-order valence-electron chi connectivity index (χ1n) is 11.5. The predicted octanol–water partition coefficient (Wildman–Crippen LogP) is -2.98. The van der Waals surface area contributed by atoms with E-state index in [9.17, 15) is 30.6 Å². The molecule has 32 heavy (non-hydrogen) atoms. The SMILES string of the molecule is CCC1OC(C2C(C)CC(N)C(OC3OC(CO)C(O)C(N)C3O)C2O)C(C)C(O)C1O. The third-order valence-electron chi connectivity index (χ3n) is 7.58. The Morgan fingerprint density at radius 3 is 2.12 bits per heavy atom. The zero-order chi connectivity index (χ0) is 23.9. The Hall–Kier alpha value is -0.440. The van der Waals surface area contributed by atoms with Gasteiger partial charge in [0.25, 0.3) is 0 Å². The zero-order valence-corrected chi connectivity index (χ0v) is 18.8. The molecular formula is C21H40N2O9. The molecule has 188 valence electrons. The standard InChI is InChI=1S/C21H40N2O9/c1-4-10-16(27)14(25)8(3)19(30-10)12-7(2)5-9(22)20(17(12)28)32-21-18(29)13(23)15(26)11(6-24)31-21/h7-21,24-29H,4-6,22-23H2,1-3H3. The Morgan fingerprint density at radius 1 is 0.875 bits per heavy atom. The highest BCUT2D eigenvalue weighted by molar-refractivity contribution is 5.02. The van der Waals surface area contributed by atoms with Crippen LogP contribution in [0.1, 0.15) is 33.6 Å². The summed E-state index contributed by atoms with van der Waals surface area (Å²) in [5.74, 6) is -0.970. The van der Waals surface area contributed by atoms with Crippen LogP contribution in [0.2, 0.25) is 0 Å². The Balaban J connectivity index is 1.80. The van der Waals surface area contributed by atoms with Crippen LogP contribution in [0.5, 0.6) is 0 Å². The summed E-state index contributed by atoms with van der Waals surface area (Å²) < 4.78 is 17.5. The second kappa shape index (κ2) is 10.4. The number of aliphatic hydroxyl groups is 6. The van der Waals surface area contributed by atoms with Crippen LogP contribution in [-0.4, -0.2) is 111 Å². The first-order chi connectivity index (χ1) is 15.0. The van der Waals surface area contributed by atoms with Gasteiger partial charge in [-0.05, 0) is 18.8 Å². The smallest absolute Gasteiger partial charge is 0.186 e. The maximum absolute atomic E-state index is 11.3. The van der Waals surface area contributed by atoms with Crippen LogP contribution in [0, 0.1) is 17.8 Å².